The number of hydrogen-bond acceptors (Lipinski definition) is 8. The van der Waals surface area contributed by atoms with Gasteiger partial charge in [-0.3, -0.25) is 19.7 Å². The normalized spacial score (nSPS) is 25.1. The lowest BCUT2D eigenvalue weighted by molar-refractivity contribution is -0.152. The summed E-state index contributed by atoms with van der Waals surface area (Å²) >= 11 is 0. The molecule has 0 unspecified atom stereocenters. The van der Waals surface area contributed by atoms with Gasteiger partial charge in [-0.25, -0.2) is 4.90 Å². The third-order valence-corrected chi connectivity index (χ3v) is 7.19. The van der Waals surface area contributed by atoms with Crippen LogP contribution >= 0.6 is 0 Å². The first kappa shape index (κ1) is 25.5. The van der Waals surface area contributed by atoms with Crippen LogP contribution < -0.4 is 24.4 Å². The highest BCUT2D eigenvalue weighted by molar-refractivity contribution is 6.24. The molecule has 9 heteroatoms. The van der Waals surface area contributed by atoms with Gasteiger partial charge >= 0.3 is 5.97 Å². The van der Waals surface area contributed by atoms with Crippen molar-refractivity contribution in [2.24, 2.45) is 11.8 Å². The predicted molar refractivity (Wildman–Crippen MR) is 132 cm³/mol. The van der Waals surface area contributed by atoms with Crippen LogP contribution in [0, 0.1) is 18.8 Å². The highest BCUT2D eigenvalue weighted by atomic mass is 16.5. The molecule has 9 nitrogen and oxygen atoms in total. The summed E-state index contributed by atoms with van der Waals surface area (Å²) < 4.78 is 21.7. The number of ether oxygens (including phenoxy) is 4. The number of rotatable bonds is 8. The van der Waals surface area contributed by atoms with Gasteiger partial charge in [0.25, 0.3) is 0 Å². The number of esters is 1. The minimum Gasteiger partial charge on any atom is -0.493 e. The van der Waals surface area contributed by atoms with Crippen LogP contribution in [0.25, 0.3) is 0 Å². The van der Waals surface area contributed by atoms with Crippen LogP contribution in [0.5, 0.6) is 17.2 Å². The summed E-state index contributed by atoms with van der Waals surface area (Å²) in [4.78, 5) is 42.3. The van der Waals surface area contributed by atoms with Crippen LogP contribution in [0.3, 0.4) is 0 Å². The molecule has 2 aliphatic rings. The maximum absolute atomic E-state index is 13.9. The molecule has 0 radical (unpaired) electrons. The van der Waals surface area contributed by atoms with E-state index in [4.69, 9.17) is 18.9 Å². The fourth-order valence-corrected chi connectivity index (χ4v) is 5.61. The summed E-state index contributed by atoms with van der Waals surface area (Å²) in [6.07, 6.45) is 0.918. The summed E-state index contributed by atoms with van der Waals surface area (Å²) in [5.74, 6) is -1.93. The average Bonchev–Trinajstić information content (AvgIpc) is 3.37. The van der Waals surface area contributed by atoms with Gasteiger partial charge in [0.1, 0.15) is 5.54 Å². The zero-order valence-electron chi connectivity index (χ0n) is 21.4. The molecule has 2 aromatic carbocycles. The summed E-state index contributed by atoms with van der Waals surface area (Å²) in [6.45, 7) is 3.85. The van der Waals surface area contributed by atoms with E-state index >= 15 is 0 Å². The van der Waals surface area contributed by atoms with Crippen molar-refractivity contribution < 1.29 is 33.3 Å². The second-order valence-electron chi connectivity index (χ2n) is 9.14. The average molecular weight is 497 g/mol. The zero-order chi connectivity index (χ0) is 26.2. The second-order valence-corrected chi connectivity index (χ2v) is 9.14. The van der Waals surface area contributed by atoms with Gasteiger partial charge < -0.3 is 18.9 Å². The molecule has 2 saturated heterocycles. The van der Waals surface area contributed by atoms with Gasteiger partial charge in [-0.2, -0.15) is 0 Å². The fourth-order valence-electron chi connectivity index (χ4n) is 5.61. The van der Waals surface area contributed by atoms with Gasteiger partial charge in [0, 0.05) is 6.04 Å². The number of carbonyl (C=O) groups excluding carboxylic acids is 3. The van der Waals surface area contributed by atoms with Gasteiger partial charge in [0.05, 0.1) is 46.0 Å². The van der Waals surface area contributed by atoms with Crippen LogP contribution in [0.15, 0.2) is 36.4 Å². The Morgan fingerprint density at radius 3 is 2.08 bits per heavy atom. The summed E-state index contributed by atoms with van der Waals surface area (Å²) in [5.41, 5.74) is 0.743. The second kappa shape index (κ2) is 9.81. The minimum absolute atomic E-state index is 0.322. The Morgan fingerprint density at radius 1 is 0.972 bits per heavy atom. The maximum atomic E-state index is 13.9. The van der Waals surface area contributed by atoms with Gasteiger partial charge in [-0.1, -0.05) is 31.0 Å². The first-order valence-corrected chi connectivity index (χ1v) is 11.9. The number of methoxy groups -OCH3 is 4. The van der Waals surface area contributed by atoms with Crippen molar-refractivity contribution in [2.75, 3.05) is 33.3 Å². The number of nitrogens with one attached hydrogen (secondary N) is 1. The summed E-state index contributed by atoms with van der Waals surface area (Å²) in [7, 11) is 5.81. The Morgan fingerprint density at radius 2 is 1.58 bits per heavy atom. The first-order valence-electron chi connectivity index (χ1n) is 11.9. The maximum Gasteiger partial charge on any atom is 0.326 e. The van der Waals surface area contributed by atoms with Crippen molar-refractivity contribution in [1.29, 1.82) is 0 Å². The smallest absolute Gasteiger partial charge is 0.326 e. The van der Waals surface area contributed by atoms with Crippen LogP contribution in [0.2, 0.25) is 0 Å². The number of nitrogens with zero attached hydrogens (tertiary/aromatic N) is 1. The van der Waals surface area contributed by atoms with E-state index in [0.29, 0.717) is 41.3 Å². The van der Waals surface area contributed by atoms with Crippen molar-refractivity contribution >= 4 is 23.5 Å². The Labute approximate surface area is 210 Å². The van der Waals surface area contributed by atoms with E-state index < -0.39 is 35.3 Å². The fraction of sp³-hybridized carbons (Fsp3) is 0.444. The molecule has 0 spiro atoms. The molecule has 4 atom stereocenters. The van der Waals surface area contributed by atoms with E-state index in [2.05, 4.69) is 5.32 Å². The molecule has 1 N–H and O–H groups in total. The molecule has 36 heavy (non-hydrogen) atoms. The number of aryl methyl sites for hydroxylation is 1. The first-order chi connectivity index (χ1) is 17.3. The van der Waals surface area contributed by atoms with Crippen molar-refractivity contribution in [3.05, 3.63) is 47.5 Å². The molecule has 0 aliphatic carbocycles. The standard InChI is InChI=1S/C27H32N2O7/c1-7-12-27(26(32)36-6)21-20(24(30)29(25(21)31)17-10-8-15(2)9-11-17)22(28-27)16-13-18(33-3)23(35-5)19(14-16)34-4/h8-11,13-14,20-22,28H,7,12H2,1-6H3/t20-,21-,22-,27+/m1/s1. The molecular formula is C27H32N2O7. The molecule has 0 aromatic heterocycles. The van der Waals surface area contributed by atoms with Crippen LogP contribution in [-0.4, -0.2) is 51.8 Å². The number of fused-ring (bicyclic) bond motifs is 1. The Kier molecular flexibility index (Phi) is 6.95. The molecule has 2 heterocycles. The molecule has 2 aromatic rings. The van der Waals surface area contributed by atoms with Crippen LogP contribution in [0.4, 0.5) is 5.69 Å². The lowest BCUT2D eigenvalue weighted by Gasteiger charge is -2.32. The van der Waals surface area contributed by atoms with Gasteiger partial charge in [-0.05, 0) is 43.2 Å². The quantitative estimate of drug-likeness (QED) is 0.439. The van der Waals surface area contributed by atoms with Crippen LogP contribution in [0.1, 0.15) is 36.9 Å². The zero-order valence-corrected chi connectivity index (χ0v) is 21.4. The summed E-state index contributed by atoms with van der Waals surface area (Å²) in [6, 6.07) is 9.98. The van der Waals surface area contributed by atoms with Gasteiger partial charge in [-0.15, -0.1) is 0 Å². The van der Waals surface area contributed by atoms with E-state index in [1.54, 1.807) is 24.3 Å². The Balaban J connectivity index is 1.90. The third kappa shape index (κ3) is 3.78. The van der Waals surface area contributed by atoms with E-state index in [0.717, 1.165) is 5.56 Å². The lowest BCUT2D eigenvalue weighted by Crippen LogP contribution is -2.56. The number of hydrogen-bond donors (Lipinski definition) is 1. The lowest BCUT2D eigenvalue weighted by atomic mass is 9.77. The monoisotopic (exact) mass is 496 g/mol. The number of anilines is 1. The Bertz CT molecular complexity index is 1150. The van der Waals surface area contributed by atoms with Crippen molar-refractivity contribution in [3.63, 3.8) is 0 Å². The van der Waals surface area contributed by atoms with Crippen molar-refractivity contribution in [1.82, 2.24) is 5.32 Å². The highest BCUT2D eigenvalue weighted by Gasteiger charge is 2.68. The third-order valence-electron chi connectivity index (χ3n) is 7.19. The van der Waals surface area contributed by atoms with E-state index in [9.17, 15) is 14.4 Å². The predicted octanol–water partition coefficient (Wildman–Crippen LogP) is 3.18. The molecule has 0 saturated carbocycles. The topological polar surface area (TPSA) is 103 Å². The molecule has 4 rings (SSSR count). The van der Waals surface area contributed by atoms with Gasteiger partial charge in [0.2, 0.25) is 17.6 Å². The largest absolute Gasteiger partial charge is 0.493 e. The number of imide groups is 1. The van der Waals surface area contributed by atoms with Crippen LogP contribution in [-0.2, 0) is 19.1 Å². The van der Waals surface area contributed by atoms with Gasteiger partial charge in [0.15, 0.2) is 11.5 Å². The molecular weight excluding hydrogens is 464 g/mol. The van der Waals surface area contributed by atoms with E-state index in [1.165, 1.54) is 33.3 Å². The van der Waals surface area contributed by atoms with E-state index in [-0.39, 0.29) is 5.91 Å². The SMILES string of the molecule is CCC[C@]1(C(=O)OC)N[C@H](c2cc(OC)c(OC)c(OC)c2)[C@@H]2C(=O)N(c3ccc(C)cc3)C(=O)[C@@H]21. The number of amides is 2. The van der Waals surface area contributed by atoms with Crippen molar-refractivity contribution in [3.8, 4) is 17.2 Å². The molecule has 2 amide bonds. The molecule has 0 bridgehead atoms. The molecule has 2 fully saturated rings. The number of carbonyl (C=O) groups is 3. The van der Waals surface area contributed by atoms with Crippen molar-refractivity contribution in [2.45, 2.75) is 38.3 Å². The van der Waals surface area contributed by atoms with E-state index in [1.807, 2.05) is 26.0 Å². The highest BCUT2D eigenvalue weighted by Crippen LogP contribution is 2.53. The Hall–Kier alpha value is -3.59. The molecule has 2 aliphatic heterocycles. The summed E-state index contributed by atoms with van der Waals surface area (Å²) in [5, 5.41) is 3.36. The minimum atomic E-state index is -1.37. The molecule has 192 valence electrons. The number of benzene rings is 2.